The summed E-state index contributed by atoms with van der Waals surface area (Å²) in [4.78, 5) is 11.4. The first-order valence-electron chi connectivity index (χ1n) is 7.25. The van der Waals surface area contributed by atoms with E-state index in [0.29, 0.717) is 23.9 Å². The van der Waals surface area contributed by atoms with E-state index in [1.54, 1.807) is 12.1 Å². The highest BCUT2D eigenvalue weighted by Gasteiger charge is 2.21. The minimum absolute atomic E-state index is 0.0772. The first kappa shape index (κ1) is 17.9. The number of sulfonamides is 1. The smallest absolute Gasteiger partial charge is 0.240 e. The van der Waals surface area contributed by atoms with Crippen LogP contribution < -0.4 is 4.72 Å². The molecular formula is C16H25NO3S. The third kappa shape index (κ3) is 4.93. The van der Waals surface area contributed by atoms with Gasteiger partial charge in [0.25, 0.3) is 0 Å². The SMILES string of the molecule is CC(=O)c1ccc(S(=O)(=O)NCC(C(C)C)C(C)C)cc1. The molecular weight excluding hydrogens is 286 g/mol. The highest BCUT2D eigenvalue weighted by molar-refractivity contribution is 7.89. The van der Waals surface area contributed by atoms with Crippen LogP contribution in [0.5, 0.6) is 0 Å². The summed E-state index contributed by atoms with van der Waals surface area (Å²) in [6.07, 6.45) is 0. The molecule has 0 atom stereocenters. The molecule has 0 aliphatic carbocycles. The maximum absolute atomic E-state index is 12.3. The van der Waals surface area contributed by atoms with Crippen molar-refractivity contribution in [3.8, 4) is 0 Å². The van der Waals surface area contributed by atoms with Crippen molar-refractivity contribution in [2.75, 3.05) is 6.54 Å². The molecule has 0 fully saturated rings. The van der Waals surface area contributed by atoms with E-state index in [1.165, 1.54) is 19.1 Å². The van der Waals surface area contributed by atoms with E-state index in [0.717, 1.165) is 0 Å². The fraction of sp³-hybridized carbons (Fsp3) is 0.562. The van der Waals surface area contributed by atoms with E-state index in [4.69, 9.17) is 0 Å². The molecule has 1 rings (SSSR count). The molecule has 0 aliphatic rings. The Balaban J connectivity index is 2.84. The monoisotopic (exact) mass is 311 g/mol. The maximum atomic E-state index is 12.3. The highest BCUT2D eigenvalue weighted by Crippen LogP contribution is 2.20. The van der Waals surface area contributed by atoms with Crippen LogP contribution in [0.1, 0.15) is 45.0 Å². The maximum Gasteiger partial charge on any atom is 0.240 e. The predicted molar refractivity (Wildman–Crippen MR) is 84.8 cm³/mol. The fourth-order valence-electron chi connectivity index (χ4n) is 2.40. The molecule has 0 saturated heterocycles. The van der Waals surface area contributed by atoms with Crippen molar-refractivity contribution in [2.45, 2.75) is 39.5 Å². The molecule has 118 valence electrons. The number of hydrogen-bond donors (Lipinski definition) is 1. The van der Waals surface area contributed by atoms with E-state index in [9.17, 15) is 13.2 Å². The predicted octanol–water partition coefficient (Wildman–Crippen LogP) is 3.10. The normalized spacial score (nSPS) is 12.4. The zero-order valence-corrected chi connectivity index (χ0v) is 14.2. The van der Waals surface area contributed by atoms with Gasteiger partial charge in [0.1, 0.15) is 0 Å². The van der Waals surface area contributed by atoms with Gasteiger partial charge in [-0.1, -0.05) is 39.8 Å². The summed E-state index contributed by atoms with van der Waals surface area (Å²) in [5, 5.41) is 0. The molecule has 21 heavy (non-hydrogen) atoms. The van der Waals surface area contributed by atoms with Crippen molar-refractivity contribution >= 4 is 15.8 Å². The highest BCUT2D eigenvalue weighted by atomic mass is 32.2. The summed E-state index contributed by atoms with van der Waals surface area (Å²) < 4.78 is 27.2. The number of nitrogens with one attached hydrogen (secondary N) is 1. The number of hydrogen-bond acceptors (Lipinski definition) is 3. The second-order valence-corrected chi connectivity index (χ2v) is 7.85. The molecule has 0 spiro atoms. The van der Waals surface area contributed by atoms with Gasteiger partial charge in [0.2, 0.25) is 10.0 Å². The van der Waals surface area contributed by atoms with Gasteiger partial charge in [0.05, 0.1) is 4.90 Å². The molecule has 4 nitrogen and oxygen atoms in total. The lowest BCUT2D eigenvalue weighted by molar-refractivity contribution is 0.101. The Morgan fingerprint density at radius 2 is 1.52 bits per heavy atom. The molecule has 0 unspecified atom stereocenters. The van der Waals surface area contributed by atoms with Crippen molar-refractivity contribution in [3.63, 3.8) is 0 Å². The molecule has 1 N–H and O–H groups in total. The molecule has 0 heterocycles. The van der Waals surface area contributed by atoms with Crippen LogP contribution in [0.2, 0.25) is 0 Å². The van der Waals surface area contributed by atoms with Gasteiger partial charge in [-0.2, -0.15) is 0 Å². The number of rotatable bonds is 7. The fourth-order valence-corrected chi connectivity index (χ4v) is 3.47. The van der Waals surface area contributed by atoms with E-state index in [2.05, 4.69) is 32.4 Å². The lowest BCUT2D eigenvalue weighted by atomic mass is 9.86. The van der Waals surface area contributed by atoms with Crippen molar-refractivity contribution in [3.05, 3.63) is 29.8 Å². The van der Waals surface area contributed by atoms with E-state index in [-0.39, 0.29) is 16.6 Å². The summed E-state index contributed by atoms with van der Waals surface area (Å²) >= 11 is 0. The van der Waals surface area contributed by atoms with Crippen molar-refractivity contribution in [1.82, 2.24) is 4.72 Å². The van der Waals surface area contributed by atoms with Crippen LogP contribution in [-0.4, -0.2) is 20.7 Å². The zero-order valence-electron chi connectivity index (χ0n) is 13.4. The van der Waals surface area contributed by atoms with Crippen LogP contribution in [0, 0.1) is 17.8 Å². The van der Waals surface area contributed by atoms with Gasteiger partial charge in [-0.05, 0) is 36.8 Å². The Labute approximate surface area is 128 Å². The molecule has 0 radical (unpaired) electrons. The minimum Gasteiger partial charge on any atom is -0.295 e. The van der Waals surface area contributed by atoms with Crippen molar-refractivity contribution in [2.24, 2.45) is 17.8 Å². The van der Waals surface area contributed by atoms with Gasteiger partial charge in [0, 0.05) is 12.1 Å². The zero-order chi connectivity index (χ0) is 16.2. The quantitative estimate of drug-likeness (QED) is 0.787. The molecule has 0 saturated carbocycles. The van der Waals surface area contributed by atoms with Crippen molar-refractivity contribution < 1.29 is 13.2 Å². The van der Waals surface area contributed by atoms with Gasteiger partial charge >= 0.3 is 0 Å². The van der Waals surface area contributed by atoms with E-state index < -0.39 is 10.0 Å². The molecule has 0 amide bonds. The summed E-state index contributed by atoms with van der Waals surface area (Å²) in [5.74, 6) is 1.03. The van der Waals surface area contributed by atoms with Gasteiger partial charge in [-0.3, -0.25) is 4.79 Å². The average molecular weight is 311 g/mol. The lowest BCUT2D eigenvalue weighted by Crippen LogP contribution is -2.33. The van der Waals surface area contributed by atoms with Gasteiger partial charge in [-0.15, -0.1) is 0 Å². The summed E-state index contributed by atoms with van der Waals surface area (Å²) in [5.41, 5.74) is 0.510. The number of benzene rings is 1. The minimum atomic E-state index is -3.53. The molecule has 0 bridgehead atoms. The van der Waals surface area contributed by atoms with E-state index in [1.807, 2.05) is 0 Å². The van der Waals surface area contributed by atoms with Crippen LogP contribution in [0.4, 0.5) is 0 Å². The Kier molecular flexibility index (Phi) is 6.10. The first-order chi connectivity index (χ1) is 9.65. The Morgan fingerprint density at radius 1 is 1.05 bits per heavy atom. The molecule has 5 heteroatoms. The number of carbonyl (C=O) groups excluding carboxylic acids is 1. The second kappa shape index (κ2) is 7.18. The first-order valence-corrected chi connectivity index (χ1v) is 8.74. The number of carbonyl (C=O) groups is 1. The summed E-state index contributed by atoms with van der Waals surface area (Å²) in [6.45, 7) is 10.3. The Bertz CT molecular complexity index is 566. The lowest BCUT2D eigenvalue weighted by Gasteiger charge is -2.25. The van der Waals surface area contributed by atoms with Crippen LogP contribution in [0.15, 0.2) is 29.2 Å². The van der Waals surface area contributed by atoms with Gasteiger partial charge < -0.3 is 0 Å². The summed E-state index contributed by atoms with van der Waals surface area (Å²) in [6, 6.07) is 6.02. The van der Waals surface area contributed by atoms with Gasteiger partial charge in [0.15, 0.2) is 5.78 Å². The Hall–Kier alpha value is -1.20. The number of Topliss-reactive ketones (excluding diaryl/α,β-unsaturated/α-hetero) is 1. The molecule has 1 aromatic rings. The second-order valence-electron chi connectivity index (χ2n) is 6.08. The third-order valence-electron chi connectivity index (χ3n) is 3.79. The standard InChI is InChI=1S/C16H25NO3S/c1-11(2)16(12(3)4)10-17-21(19,20)15-8-6-14(7-9-15)13(5)18/h6-9,11-12,16-17H,10H2,1-5H3. The Morgan fingerprint density at radius 3 is 1.90 bits per heavy atom. The van der Waals surface area contributed by atoms with Crippen molar-refractivity contribution in [1.29, 1.82) is 0 Å². The molecule has 0 aliphatic heterocycles. The average Bonchev–Trinajstić information content (AvgIpc) is 2.38. The van der Waals surface area contributed by atoms with Crippen LogP contribution in [0.25, 0.3) is 0 Å². The van der Waals surface area contributed by atoms with E-state index >= 15 is 0 Å². The topological polar surface area (TPSA) is 63.2 Å². The molecule has 1 aromatic carbocycles. The largest absolute Gasteiger partial charge is 0.295 e. The number of ketones is 1. The third-order valence-corrected chi connectivity index (χ3v) is 5.23. The molecule has 0 aromatic heterocycles. The summed E-state index contributed by atoms with van der Waals surface area (Å²) in [7, 11) is -3.53. The van der Waals surface area contributed by atoms with Crippen LogP contribution in [-0.2, 0) is 10.0 Å². The van der Waals surface area contributed by atoms with Crippen LogP contribution in [0.3, 0.4) is 0 Å². The van der Waals surface area contributed by atoms with Crippen LogP contribution >= 0.6 is 0 Å². The van der Waals surface area contributed by atoms with Gasteiger partial charge in [-0.25, -0.2) is 13.1 Å².